The molecule has 3 nitrogen and oxygen atoms in total. The van der Waals surface area contributed by atoms with Gasteiger partial charge in [-0.25, -0.2) is 0 Å². The average Bonchev–Trinajstić information content (AvgIpc) is 2.64. The van der Waals surface area contributed by atoms with Crippen molar-refractivity contribution in [3.63, 3.8) is 0 Å². The summed E-state index contributed by atoms with van der Waals surface area (Å²) in [4.78, 5) is 12.4. The fourth-order valence-corrected chi connectivity index (χ4v) is 2.51. The van der Waals surface area contributed by atoms with Crippen molar-refractivity contribution in [1.82, 2.24) is 0 Å². The number of hydrogen-bond acceptors (Lipinski definition) is 2. The Morgan fingerprint density at radius 1 is 0.926 bits per heavy atom. The summed E-state index contributed by atoms with van der Waals surface area (Å²) >= 11 is 5.98. The van der Waals surface area contributed by atoms with Crippen molar-refractivity contribution in [2.45, 2.75) is 6.18 Å². The molecule has 0 bridgehead atoms. The molecular weight excluding hydrogens is 379 g/mol. The van der Waals surface area contributed by atoms with Gasteiger partial charge in [0.25, 0.3) is 5.91 Å². The fourth-order valence-electron chi connectivity index (χ4n) is 2.34. The molecule has 0 aliphatic heterocycles. The van der Waals surface area contributed by atoms with Gasteiger partial charge in [0, 0.05) is 10.6 Å². The second kappa shape index (κ2) is 7.72. The largest absolute Gasteiger partial charge is 0.455 e. The Kier molecular flexibility index (Phi) is 5.37. The minimum Gasteiger partial charge on any atom is -0.455 e. The number of anilines is 1. The maximum absolute atomic E-state index is 12.8. The number of benzene rings is 3. The van der Waals surface area contributed by atoms with Crippen molar-refractivity contribution in [1.29, 1.82) is 0 Å². The molecule has 0 atom stereocenters. The Bertz CT molecular complexity index is 959. The third-order valence-corrected chi connectivity index (χ3v) is 3.85. The molecular formula is C20H13ClF3NO2. The zero-order valence-electron chi connectivity index (χ0n) is 13.8. The molecule has 3 aromatic carbocycles. The molecule has 0 fully saturated rings. The number of carbonyl (C=O) groups excluding carboxylic acids is 1. The Labute approximate surface area is 158 Å². The van der Waals surface area contributed by atoms with Gasteiger partial charge in [-0.1, -0.05) is 35.9 Å². The lowest BCUT2D eigenvalue weighted by Gasteiger charge is -2.13. The van der Waals surface area contributed by atoms with Crippen LogP contribution in [0.2, 0.25) is 5.02 Å². The molecule has 0 aliphatic rings. The lowest BCUT2D eigenvalue weighted by Crippen LogP contribution is -2.14. The molecule has 0 aliphatic carbocycles. The molecule has 0 unspecified atom stereocenters. The fraction of sp³-hybridized carbons (Fsp3) is 0.0500. The highest BCUT2D eigenvalue weighted by molar-refractivity contribution is 6.31. The normalized spacial score (nSPS) is 11.1. The first kappa shape index (κ1) is 18.8. The predicted octanol–water partition coefficient (Wildman–Crippen LogP) is 6.40. The summed E-state index contributed by atoms with van der Waals surface area (Å²) in [5.41, 5.74) is -0.786. The minimum absolute atomic E-state index is 0.129. The third kappa shape index (κ3) is 4.80. The van der Waals surface area contributed by atoms with Gasteiger partial charge in [-0.15, -0.1) is 0 Å². The summed E-state index contributed by atoms with van der Waals surface area (Å²) in [6.07, 6.45) is -4.53. The highest BCUT2D eigenvalue weighted by Crippen LogP contribution is 2.33. The van der Waals surface area contributed by atoms with Gasteiger partial charge in [-0.05, 0) is 48.5 Å². The second-order valence-corrected chi connectivity index (χ2v) is 6.02. The number of alkyl halides is 3. The maximum atomic E-state index is 12.8. The van der Waals surface area contributed by atoms with Gasteiger partial charge in [0.05, 0.1) is 11.3 Å². The van der Waals surface area contributed by atoms with E-state index in [0.717, 1.165) is 12.1 Å². The van der Waals surface area contributed by atoms with Crippen LogP contribution in [0, 0.1) is 0 Å². The Morgan fingerprint density at radius 2 is 1.67 bits per heavy atom. The molecule has 138 valence electrons. The summed E-state index contributed by atoms with van der Waals surface area (Å²) in [5.74, 6) is 0.140. The number of halogens is 4. The van der Waals surface area contributed by atoms with Crippen LogP contribution in [0.4, 0.5) is 18.9 Å². The lowest BCUT2D eigenvalue weighted by atomic mass is 10.1. The van der Waals surface area contributed by atoms with E-state index < -0.39 is 17.6 Å². The van der Waals surface area contributed by atoms with Crippen molar-refractivity contribution in [2.24, 2.45) is 0 Å². The van der Waals surface area contributed by atoms with Crippen molar-refractivity contribution in [3.8, 4) is 11.5 Å². The highest BCUT2D eigenvalue weighted by atomic mass is 35.5. The highest BCUT2D eigenvalue weighted by Gasteiger charge is 2.31. The van der Waals surface area contributed by atoms with E-state index in [1.807, 2.05) is 6.07 Å². The van der Waals surface area contributed by atoms with Gasteiger partial charge in [0.2, 0.25) is 0 Å². The molecule has 0 spiro atoms. The first-order chi connectivity index (χ1) is 12.8. The van der Waals surface area contributed by atoms with Crippen LogP contribution in [-0.4, -0.2) is 5.91 Å². The molecule has 3 aromatic rings. The van der Waals surface area contributed by atoms with E-state index in [2.05, 4.69) is 5.32 Å². The Morgan fingerprint density at radius 3 is 2.37 bits per heavy atom. The first-order valence-electron chi connectivity index (χ1n) is 7.84. The maximum Gasteiger partial charge on any atom is 0.416 e. The van der Waals surface area contributed by atoms with E-state index in [9.17, 15) is 18.0 Å². The molecule has 1 N–H and O–H groups in total. The van der Waals surface area contributed by atoms with Crippen molar-refractivity contribution in [3.05, 3.63) is 88.9 Å². The number of ether oxygens (including phenoxy) is 1. The average molecular weight is 392 g/mol. The van der Waals surface area contributed by atoms with Crippen molar-refractivity contribution in [2.75, 3.05) is 5.32 Å². The predicted molar refractivity (Wildman–Crippen MR) is 97.4 cm³/mol. The number of carbonyl (C=O) groups is 1. The summed E-state index contributed by atoms with van der Waals surface area (Å²) in [6.45, 7) is 0. The topological polar surface area (TPSA) is 38.3 Å². The van der Waals surface area contributed by atoms with Gasteiger partial charge in [0.15, 0.2) is 5.75 Å². The smallest absolute Gasteiger partial charge is 0.416 e. The molecule has 7 heteroatoms. The molecule has 0 saturated carbocycles. The van der Waals surface area contributed by atoms with E-state index in [1.54, 1.807) is 36.4 Å². The van der Waals surface area contributed by atoms with Crippen LogP contribution >= 0.6 is 11.6 Å². The van der Waals surface area contributed by atoms with Gasteiger partial charge >= 0.3 is 6.18 Å². The molecule has 3 rings (SSSR count). The van der Waals surface area contributed by atoms with Crippen LogP contribution in [0.15, 0.2) is 72.8 Å². The first-order valence-corrected chi connectivity index (χ1v) is 8.22. The van der Waals surface area contributed by atoms with Gasteiger partial charge in [0.1, 0.15) is 5.75 Å². The van der Waals surface area contributed by atoms with Crippen LogP contribution in [-0.2, 0) is 6.18 Å². The molecule has 0 saturated heterocycles. The van der Waals surface area contributed by atoms with Gasteiger partial charge in [-0.3, -0.25) is 4.79 Å². The zero-order chi connectivity index (χ0) is 19.4. The standard InChI is InChI=1S/C20H13ClF3NO2/c21-15-9-10-18(27-16-7-2-1-3-8-16)17(12-15)25-19(26)13-5-4-6-14(11-13)20(22,23)24/h1-12H,(H,25,26). The quantitative estimate of drug-likeness (QED) is 0.558. The number of amides is 1. The number of rotatable bonds is 4. The Balaban J connectivity index is 1.87. The van der Waals surface area contributed by atoms with E-state index in [-0.39, 0.29) is 11.3 Å². The van der Waals surface area contributed by atoms with Crippen LogP contribution < -0.4 is 10.1 Å². The second-order valence-electron chi connectivity index (χ2n) is 5.59. The van der Waals surface area contributed by atoms with E-state index in [0.29, 0.717) is 16.5 Å². The summed E-state index contributed by atoms with van der Waals surface area (Å²) in [7, 11) is 0. The van der Waals surface area contributed by atoms with Crippen LogP contribution in [0.3, 0.4) is 0 Å². The molecule has 1 amide bonds. The summed E-state index contributed by atoms with van der Waals surface area (Å²) < 4.78 is 44.3. The minimum atomic E-state index is -4.53. The van der Waals surface area contributed by atoms with E-state index in [1.165, 1.54) is 18.2 Å². The molecule has 0 radical (unpaired) electrons. The lowest BCUT2D eigenvalue weighted by molar-refractivity contribution is -0.137. The summed E-state index contributed by atoms with van der Waals surface area (Å²) in [6, 6.07) is 17.6. The zero-order valence-corrected chi connectivity index (χ0v) is 14.5. The van der Waals surface area contributed by atoms with Crippen LogP contribution in [0.25, 0.3) is 0 Å². The van der Waals surface area contributed by atoms with Crippen LogP contribution in [0.1, 0.15) is 15.9 Å². The Hall–Kier alpha value is -2.99. The van der Waals surface area contributed by atoms with E-state index >= 15 is 0 Å². The summed E-state index contributed by atoms with van der Waals surface area (Å²) in [5, 5.41) is 2.89. The van der Waals surface area contributed by atoms with E-state index in [4.69, 9.17) is 16.3 Å². The third-order valence-electron chi connectivity index (χ3n) is 3.61. The molecule has 0 heterocycles. The number of para-hydroxylation sites is 1. The van der Waals surface area contributed by atoms with Gasteiger partial charge in [-0.2, -0.15) is 13.2 Å². The molecule has 27 heavy (non-hydrogen) atoms. The van der Waals surface area contributed by atoms with Crippen molar-refractivity contribution < 1.29 is 22.7 Å². The monoisotopic (exact) mass is 391 g/mol. The number of hydrogen-bond donors (Lipinski definition) is 1. The van der Waals surface area contributed by atoms with Gasteiger partial charge < -0.3 is 10.1 Å². The van der Waals surface area contributed by atoms with Crippen LogP contribution in [0.5, 0.6) is 11.5 Å². The number of nitrogens with one attached hydrogen (secondary N) is 1. The molecule has 0 aromatic heterocycles. The van der Waals surface area contributed by atoms with Crippen molar-refractivity contribution >= 4 is 23.2 Å². The SMILES string of the molecule is O=C(Nc1cc(Cl)ccc1Oc1ccccc1)c1cccc(C(F)(F)F)c1.